The third-order valence-electron chi connectivity index (χ3n) is 3.59. The zero-order valence-electron chi connectivity index (χ0n) is 12.2. The molecule has 2 aromatic carbocycles. The van der Waals surface area contributed by atoms with E-state index in [1.54, 1.807) is 18.2 Å². The van der Waals surface area contributed by atoms with Crippen LogP contribution >= 0.6 is 23.2 Å². The molecule has 0 amide bonds. The maximum absolute atomic E-state index is 12.1. The molecular formula is C17H14Cl2O4. The van der Waals surface area contributed by atoms with E-state index in [0.29, 0.717) is 15.6 Å². The van der Waals surface area contributed by atoms with Gasteiger partial charge in [0.05, 0.1) is 7.11 Å². The average molecular weight is 353 g/mol. The quantitative estimate of drug-likeness (QED) is 0.771. The molecule has 1 unspecified atom stereocenters. The highest BCUT2D eigenvalue weighted by molar-refractivity contribution is 6.35. The van der Waals surface area contributed by atoms with E-state index in [4.69, 9.17) is 37.4 Å². The fraction of sp³-hybridized carbons (Fsp3) is 0.235. The Hall–Kier alpha value is -1.59. The molecule has 23 heavy (non-hydrogen) atoms. The third kappa shape index (κ3) is 3.35. The maximum Gasteiger partial charge on any atom is 0.338 e. The molecule has 1 saturated heterocycles. The Morgan fingerprint density at radius 2 is 1.83 bits per heavy atom. The molecule has 1 aliphatic rings. The van der Waals surface area contributed by atoms with Crippen molar-refractivity contribution >= 4 is 29.2 Å². The maximum atomic E-state index is 12.1. The summed E-state index contributed by atoms with van der Waals surface area (Å²) in [5, 5.41) is 0.917. The molecule has 2 aromatic rings. The fourth-order valence-corrected chi connectivity index (χ4v) is 2.99. The summed E-state index contributed by atoms with van der Waals surface area (Å²) in [4.78, 5) is 12.1. The first-order valence-electron chi connectivity index (χ1n) is 6.99. The van der Waals surface area contributed by atoms with Crippen molar-refractivity contribution in [2.24, 2.45) is 0 Å². The first-order chi connectivity index (χ1) is 11.1. The second-order valence-corrected chi connectivity index (χ2v) is 5.89. The van der Waals surface area contributed by atoms with E-state index in [-0.39, 0.29) is 0 Å². The zero-order chi connectivity index (χ0) is 16.4. The highest BCUT2D eigenvalue weighted by Gasteiger charge is 2.43. The second kappa shape index (κ2) is 6.89. The molecule has 0 N–H and O–H groups in total. The van der Waals surface area contributed by atoms with Gasteiger partial charge in [0.25, 0.3) is 0 Å². The van der Waals surface area contributed by atoms with Crippen molar-refractivity contribution in [2.75, 3.05) is 7.11 Å². The number of ether oxygens (including phenoxy) is 3. The molecule has 0 bridgehead atoms. The van der Waals surface area contributed by atoms with Gasteiger partial charge in [0, 0.05) is 21.2 Å². The minimum atomic E-state index is -0.899. The standard InChI is InChI=1S/C17H14Cl2O4/c1-21-16(20)15-14(12-8-7-11(18)9-13(12)19)22-17(23-15)10-5-3-2-4-6-10/h2-9,14-15,17H,1H3/t14-,15+,17?/m1/s1. The van der Waals surface area contributed by atoms with Crippen LogP contribution in [0.4, 0.5) is 0 Å². The van der Waals surface area contributed by atoms with Crippen molar-refractivity contribution in [1.82, 2.24) is 0 Å². The molecule has 0 aromatic heterocycles. The van der Waals surface area contributed by atoms with Gasteiger partial charge in [-0.2, -0.15) is 0 Å². The average Bonchev–Trinajstić information content (AvgIpc) is 3.00. The zero-order valence-corrected chi connectivity index (χ0v) is 13.8. The Balaban J connectivity index is 1.94. The van der Waals surface area contributed by atoms with E-state index in [1.807, 2.05) is 30.3 Å². The minimum Gasteiger partial charge on any atom is -0.467 e. The Morgan fingerprint density at radius 3 is 2.48 bits per heavy atom. The molecule has 0 radical (unpaired) electrons. The SMILES string of the molecule is COC(=O)[C@H]1OC(c2ccccc2)O[C@@H]1c1ccc(Cl)cc1Cl. The van der Waals surface area contributed by atoms with Crippen LogP contribution in [0.25, 0.3) is 0 Å². The van der Waals surface area contributed by atoms with Crippen LogP contribution < -0.4 is 0 Å². The molecule has 0 saturated carbocycles. The Bertz CT molecular complexity index is 705. The van der Waals surface area contributed by atoms with Crippen LogP contribution in [0.5, 0.6) is 0 Å². The fourth-order valence-electron chi connectivity index (χ4n) is 2.47. The van der Waals surface area contributed by atoms with Crippen molar-refractivity contribution < 1.29 is 19.0 Å². The van der Waals surface area contributed by atoms with Crippen LogP contribution in [0.15, 0.2) is 48.5 Å². The summed E-state index contributed by atoms with van der Waals surface area (Å²) in [5.41, 5.74) is 1.44. The molecule has 1 aliphatic heterocycles. The van der Waals surface area contributed by atoms with Crippen LogP contribution in [0.1, 0.15) is 23.5 Å². The lowest BCUT2D eigenvalue weighted by Gasteiger charge is -2.16. The minimum absolute atomic E-state index is 0.411. The number of halogens is 2. The summed E-state index contributed by atoms with van der Waals surface area (Å²) in [6.45, 7) is 0. The number of rotatable bonds is 3. The molecule has 6 heteroatoms. The van der Waals surface area contributed by atoms with Crippen molar-refractivity contribution in [3.63, 3.8) is 0 Å². The molecule has 3 atom stereocenters. The van der Waals surface area contributed by atoms with E-state index >= 15 is 0 Å². The van der Waals surface area contributed by atoms with Gasteiger partial charge in [0.15, 0.2) is 12.4 Å². The molecule has 0 aliphatic carbocycles. The number of esters is 1. The number of carbonyl (C=O) groups is 1. The molecule has 4 nitrogen and oxygen atoms in total. The summed E-state index contributed by atoms with van der Waals surface area (Å²) < 4.78 is 16.5. The van der Waals surface area contributed by atoms with Gasteiger partial charge >= 0.3 is 5.97 Å². The lowest BCUT2D eigenvalue weighted by atomic mass is 10.0. The summed E-state index contributed by atoms with van der Waals surface area (Å²) in [5.74, 6) is -0.514. The Labute approximate surface area is 143 Å². The molecule has 120 valence electrons. The van der Waals surface area contributed by atoms with E-state index in [2.05, 4.69) is 0 Å². The van der Waals surface area contributed by atoms with Gasteiger partial charge in [-0.1, -0.05) is 59.6 Å². The molecular weight excluding hydrogens is 339 g/mol. The third-order valence-corrected chi connectivity index (χ3v) is 4.15. The van der Waals surface area contributed by atoms with E-state index in [0.717, 1.165) is 5.56 Å². The van der Waals surface area contributed by atoms with Crippen LogP contribution in [0.3, 0.4) is 0 Å². The van der Waals surface area contributed by atoms with Crippen molar-refractivity contribution in [3.8, 4) is 0 Å². The number of methoxy groups -OCH3 is 1. The van der Waals surface area contributed by atoms with Gasteiger partial charge in [-0.15, -0.1) is 0 Å². The molecule has 0 spiro atoms. The van der Waals surface area contributed by atoms with Crippen LogP contribution in [0.2, 0.25) is 10.0 Å². The van der Waals surface area contributed by atoms with Crippen LogP contribution in [0, 0.1) is 0 Å². The van der Waals surface area contributed by atoms with E-state index in [1.165, 1.54) is 7.11 Å². The van der Waals surface area contributed by atoms with Crippen molar-refractivity contribution in [3.05, 3.63) is 69.7 Å². The largest absolute Gasteiger partial charge is 0.467 e. The van der Waals surface area contributed by atoms with Gasteiger partial charge < -0.3 is 14.2 Å². The molecule has 3 rings (SSSR count). The normalized spacial score (nSPS) is 23.7. The van der Waals surface area contributed by atoms with E-state index in [9.17, 15) is 4.79 Å². The lowest BCUT2D eigenvalue weighted by Crippen LogP contribution is -2.27. The highest BCUT2D eigenvalue weighted by Crippen LogP contribution is 2.42. The highest BCUT2D eigenvalue weighted by atomic mass is 35.5. The predicted octanol–water partition coefficient (Wildman–Crippen LogP) is 4.32. The topological polar surface area (TPSA) is 44.8 Å². The number of benzene rings is 2. The number of carbonyl (C=O) groups excluding carboxylic acids is 1. The Kier molecular flexibility index (Phi) is 4.87. The first-order valence-corrected chi connectivity index (χ1v) is 7.74. The lowest BCUT2D eigenvalue weighted by molar-refractivity contribution is -0.154. The van der Waals surface area contributed by atoms with Crippen molar-refractivity contribution in [2.45, 2.75) is 18.5 Å². The number of hydrogen-bond donors (Lipinski definition) is 0. The molecule has 1 fully saturated rings. The second-order valence-electron chi connectivity index (χ2n) is 5.04. The van der Waals surface area contributed by atoms with Gasteiger partial charge in [0.1, 0.15) is 6.10 Å². The number of hydrogen-bond acceptors (Lipinski definition) is 4. The van der Waals surface area contributed by atoms with Crippen LogP contribution in [-0.2, 0) is 19.0 Å². The summed E-state index contributed by atoms with van der Waals surface area (Å²) in [6, 6.07) is 14.4. The summed E-state index contributed by atoms with van der Waals surface area (Å²) in [6.07, 6.45) is -2.24. The van der Waals surface area contributed by atoms with Crippen LogP contribution in [-0.4, -0.2) is 19.2 Å². The van der Waals surface area contributed by atoms with Crippen molar-refractivity contribution in [1.29, 1.82) is 0 Å². The summed E-state index contributed by atoms with van der Waals surface area (Å²) in [7, 11) is 1.31. The molecule has 1 heterocycles. The smallest absolute Gasteiger partial charge is 0.338 e. The monoisotopic (exact) mass is 352 g/mol. The van der Waals surface area contributed by atoms with Gasteiger partial charge in [-0.3, -0.25) is 0 Å². The van der Waals surface area contributed by atoms with Gasteiger partial charge in [0.2, 0.25) is 0 Å². The first kappa shape index (κ1) is 16.3. The Morgan fingerprint density at radius 1 is 1.09 bits per heavy atom. The van der Waals surface area contributed by atoms with Gasteiger partial charge in [-0.05, 0) is 12.1 Å². The predicted molar refractivity (Wildman–Crippen MR) is 86.4 cm³/mol. The van der Waals surface area contributed by atoms with E-state index < -0.39 is 24.5 Å². The van der Waals surface area contributed by atoms with Gasteiger partial charge in [-0.25, -0.2) is 4.79 Å². The summed E-state index contributed by atoms with van der Waals surface area (Å²) >= 11 is 12.2.